The van der Waals surface area contributed by atoms with Crippen LogP contribution in [-0.2, 0) is 13.2 Å². The Labute approximate surface area is 79.7 Å². The van der Waals surface area contributed by atoms with E-state index in [1.54, 1.807) is 0 Å². The van der Waals surface area contributed by atoms with Gasteiger partial charge in [-0.25, -0.2) is 9.97 Å². The van der Waals surface area contributed by atoms with Crippen molar-refractivity contribution in [3.05, 3.63) is 23.8 Å². The molecule has 0 atom stereocenters. The monoisotopic (exact) mass is 194 g/mol. The van der Waals surface area contributed by atoms with Gasteiger partial charge in [0.15, 0.2) is 11.6 Å². The van der Waals surface area contributed by atoms with Gasteiger partial charge in [-0.15, -0.1) is 0 Å². The molecule has 0 radical (unpaired) electrons. The zero-order valence-corrected chi connectivity index (χ0v) is 7.36. The van der Waals surface area contributed by atoms with Crippen LogP contribution in [0.15, 0.2) is 12.4 Å². The fourth-order valence-electron chi connectivity index (χ4n) is 1.12. The molecule has 14 heavy (non-hydrogen) atoms. The van der Waals surface area contributed by atoms with E-state index in [0.717, 1.165) is 0 Å². The molecule has 0 fully saturated rings. The minimum absolute atomic E-state index is 0.0828. The fourth-order valence-corrected chi connectivity index (χ4v) is 1.12. The molecule has 2 rings (SSSR count). The van der Waals surface area contributed by atoms with Crippen molar-refractivity contribution >= 4 is 0 Å². The molecule has 0 unspecified atom stereocenters. The highest BCUT2D eigenvalue weighted by Crippen LogP contribution is 2.11. The average Bonchev–Trinajstić information content (AvgIpc) is 2.86. The first kappa shape index (κ1) is 8.92. The second-order valence-corrected chi connectivity index (χ2v) is 2.83. The summed E-state index contributed by atoms with van der Waals surface area (Å²) in [6.07, 6.45) is 3.08. The highest BCUT2D eigenvalue weighted by atomic mass is 16.3. The van der Waals surface area contributed by atoms with Gasteiger partial charge in [-0.3, -0.25) is 0 Å². The van der Waals surface area contributed by atoms with Crippen LogP contribution in [0.5, 0.6) is 0 Å². The Morgan fingerprint density at radius 1 is 0.929 bits per heavy atom. The van der Waals surface area contributed by atoms with Gasteiger partial charge < -0.3 is 20.2 Å². The van der Waals surface area contributed by atoms with Crippen LogP contribution in [0.3, 0.4) is 0 Å². The number of rotatable bonds is 3. The first-order valence-electron chi connectivity index (χ1n) is 4.13. The van der Waals surface area contributed by atoms with Gasteiger partial charge in [0.05, 0.1) is 37.0 Å². The molecule has 0 aromatic carbocycles. The lowest BCUT2D eigenvalue weighted by Gasteiger charge is -1.90. The molecule has 4 N–H and O–H groups in total. The van der Waals surface area contributed by atoms with Crippen LogP contribution >= 0.6 is 0 Å². The molecule has 2 aromatic heterocycles. The highest BCUT2D eigenvalue weighted by Gasteiger charge is 2.06. The van der Waals surface area contributed by atoms with Crippen molar-refractivity contribution in [3.8, 4) is 11.6 Å². The van der Waals surface area contributed by atoms with Crippen molar-refractivity contribution in [3.63, 3.8) is 0 Å². The second-order valence-electron chi connectivity index (χ2n) is 2.83. The summed E-state index contributed by atoms with van der Waals surface area (Å²) in [5, 5.41) is 17.6. The molecule has 0 amide bonds. The summed E-state index contributed by atoms with van der Waals surface area (Å²) in [7, 11) is 0. The number of H-pyrrole nitrogens is 2. The number of nitrogens with one attached hydrogen (secondary N) is 2. The summed E-state index contributed by atoms with van der Waals surface area (Å²) in [6, 6.07) is 0. The van der Waals surface area contributed by atoms with Crippen LogP contribution in [0.1, 0.15) is 11.4 Å². The molecule has 0 aliphatic heterocycles. The summed E-state index contributed by atoms with van der Waals surface area (Å²) in [6.45, 7) is -0.166. The average molecular weight is 194 g/mol. The normalized spacial score (nSPS) is 10.7. The summed E-state index contributed by atoms with van der Waals surface area (Å²) < 4.78 is 0. The Hall–Kier alpha value is -1.66. The van der Waals surface area contributed by atoms with E-state index in [-0.39, 0.29) is 13.2 Å². The van der Waals surface area contributed by atoms with Crippen LogP contribution in [0, 0.1) is 0 Å². The van der Waals surface area contributed by atoms with Crippen molar-refractivity contribution in [1.82, 2.24) is 19.9 Å². The van der Waals surface area contributed by atoms with Gasteiger partial charge in [0, 0.05) is 0 Å². The molecular formula is C8H10N4O2. The van der Waals surface area contributed by atoms with Crippen LogP contribution in [0.4, 0.5) is 0 Å². The summed E-state index contributed by atoms with van der Waals surface area (Å²) in [5.41, 5.74) is 1.25. The summed E-state index contributed by atoms with van der Waals surface area (Å²) in [5.74, 6) is 1.10. The number of aromatic nitrogens is 4. The number of hydrogen-bond acceptors (Lipinski definition) is 4. The van der Waals surface area contributed by atoms with Gasteiger partial charge in [0.1, 0.15) is 0 Å². The quantitative estimate of drug-likeness (QED) is 0.543. The molecule has 0 saturated carbocycles. The Morgan fingerprint density at radius 2 is 1.36 bits per heavy atom. The minimum atomic E-state index is -0.0828. The lowest BCUT2D eigenvalue weighted by molar-refractivity contribution is 0.277. The van der Waals surface area contributed by atoms with Gasteiger partial charge in [-0.1, -0.05) is 0 Å². The third-order valence-corrected chi connectivity index (χ3v) is 1.82. The number of aliphatic hydroxyl groups is 2. The number of aliphatic hydroxyl groups excluding tert-OH is 2. The maximum absolute atomic E-state index is 8.81. The Kier molecular flexibility index (Phi) is 2.30. The SMILES string of the molecule is OCc1cnc(-c2ncc(CO)[nH]2)[nH]1. The second kappa shape index (κ2) is 3.60. The van der Waals surface area contributed by atoms with Crippen molar-refractivity contribution in [2.24, 2.45) is 0 Å². The maximum Gasteiger partial charge on any atom is 0.173 e. The molecule has 2 heterocycles. The molecule has 0 aliphatic rings. The summed E-state index contributed by atoms with van der Waals surface area (Å²) in [4.78, 5) is 13.8. The zero-order valence-electron chi connectivity index (χ0n) is 7.36. The van der Waals surface area contributed by atoms with Crippen molar-refractivity contribution in [1.29, 1.82) is 0 Å². The first-order valence-corrected chi connectivity index (χ1v) is 4.13. The van der Waals surface area contributed by atoms with Crippen LogP contribution < -0.4 is 0 Å². The van der Waals surface area contributed by atoms with E-state index in [2.05, 4.69) is 19.9 Å². The van der Waals surface area contributed by atoms with Crippen molar-refractivity contribution < 1.29 is 10.2 Å². The van der Waals surface area contributed by atoms with E-state index in [1.807, 2.05) is 0 Å². The maximum atomic E-state index is 8.81. The van der Waals surface area contributed by atoms with Gasteiger partial charge >= 0.3 is 0 Å². The number of imidazole rings is 2. The largest absolute Gasteiger partial charge is 0.390 e. The van der Waals surface area contributed by atoms with Gasteiger partial charge in [0.2, 0.25) is 0 Å². The standard InChI is InChI=1S/C8H10N4O2/c13-3-5-1-9-7(11-5)8-10-2-6(4-14)12-8/h1-2,13-14H,3-4H2,(H,9,11)(H,10,12). The van der Waals surface area contributed by atoms with E-state index in [1.165, 1.54) is 12.4 Å². The molecule has 0 saturated heterocycles. The Bertz CT molecular complexity index is 380. The predicted molar refractivity (Wildman–Crippen MR) is 48.0 cm³/mol. The topological polar surface area (TPSA) is 97.8 Å². The van der Waals surface area contributed by atoms with Gasteiger partial charge in [-0.05, 0) is 0 Å². The lowest BCUT2D eigenvalue weighted by Crippen LogP contribution is -1.86. The predicted octanol–water partition coefficient (Wildman–Crippen LogP) is -0.216. The fraction of sp³-hybridized carbons (Fsp3) is 0.250. The summed E-state index contributed by atoms with van der Waals surface area (Å²) >= 11 is 0. The first-order chi connectivity index (χ1) is 6.83. The van der Waals surface area contributed by atoms with E-state index in [4.69, 9.17) is 10.2 Å². The molecule has 2 aromatic rings. The van der Waals surface area contributed by atoms with E-state index in [0.29, 0.717) is 23.0 Å². The van der Waals surface area contributed by atoms with E-state index >= 15 is 0 Å². The minimum Gasteiger partial charge on any atom is -0.390 e. The molecule has 6 nitrogen and oxygen atoms in total. The molecule has 74 valence electrons. The molecule has 6 heteroatoms. The number of aromatic amines is 2. The highest BCUT2D eigenvalue weighted by molar-refractivity contribution is 5.43. The lowest BCUT2D eigenvalue weighted by atomic mass is 10.5. The van der Waals surface area contributed by atoms with E-state index in [9.17, 15) is 0 Å². The third kappa shape index (κ3) is 1.52. The van der Waals surface area contributed by atoms with Gasteiger partial charge in [0.25, 0.3) is 0 Å². The third-order valence-electron chi connectivity index (χ3n) is 1.82. The van der Waals surface area contributed by atoms with Crippen molar-refractivity contribution in [2.75, 3.05) is 0 Å². The smallest absolute Gasteiger partial charge is 0.173 e. The van der Waals surface area contributed by atoms with Crippen LogP contribution in [0.2, 0.25) is 0 Å². The van der Waals surface area contributed by atoms with Crippen molar-refractivity contribution in [2.45, 2.75) is 13.2 Å². The van der Waals surface area contributed by atoms with E-state index < -0.39 is 0 Å². The Morgan fingerprint density at radius 3 is 1.64 bits per heavy atom. The molecule has 0 aliphatic carbocycles. The molecular weight excluding hydrogens is 184 g/mol. The zero-order chi connectivity index (χ0) is 9.97. The molecule has 0 spiro atoms. The number of hydrogen-bond donors (Lipinski definition) is 4. The molecule has 0 bridgehead atoms. The van der Waals surface area contributed by atoms with Gasteiger partial charge in [-0.2, -0.15) is 0 Å². The van der Waals surface area contributed by atoms with Crippen LogP contribution in [-0.4, -0.2) is 30.1 Å². The number of nitrogens with zero attached hydrogens (tertiary/aromatic N) is 2. The van der Waals surface area contributed by atoms with Crippen LogP contribution in [0.25, 0.3) is 11.6 Å². The Balaban J connectivity index is 2.29.